The van der Waals surface area contributed by atoms with E-state index in [9.17, 15) is 9.70 Å². The molecular weight excluding hydrogens is 254 g/mol. The average molecular weight is 269 g/mol. The molecule has 0 atom stereocenters. The lowest BCUT2D eigenvalue weighted by atomic mass is 10.4. The molecule has 1 aromatic rings. The van der Waals surface area contributed by atoms with E-state index < -0.39 is 0 Å². The Hall–Kier alpha value is -1.57. The number of hydrogen-bond acceptors (Lipinski definition) is 8. The molecule has 1 aromatic heterocycles. The van der Waals surface area contributed by atoms with Crippen LogP contribution in [0.5, 0.6) is 0 Å². The normalized spacial score (nSPS) is 10.1. The first-order valence-electron chi connectivity index (χ1n) is 5.43. The van der Waals surface area contributed by atoms with E-state index >= 15 is 0 Å². The summed E-state index contributed by atoms with van der Waals surface area (Å²) in [7, 11) is 3.70. The molecule has 0 unspecified atom stereocenters. The number of nitroso groups, excluding NO2 is 1. The molecule has 0 saturated carbocycles. The van der Waals surface area contributed by atoms with Crippen molar-refractivity contribution in [3.8, 4) is 0 Å². The van der Waals surface area contributed by atoms with E-state index in [4.69, 9.17) is 0 Å². The lowest BCUT2D eigenvalue weighted by molar-refractivity contribution is -0.110. The minimum Gasteiger partial charge on any atom is -0.347 e. The molecule has 1 rings (SSSR count). The number of hydrogen-bond donors (Lipinski definition) is 0. The molecule has 7 nitrogen and oxygen atoms in total. The number of aryl methyl sites for hydroxylation is 1. The summed E-state index contributed by atoms with van der Waals surface area (Å²) in [4.78, 5) is 35.2. The van der Waals surface area contributed by atoms with Crippen LogP contribution in [0.15, 0.2) is 11.5 Å². The lowest BCUT2D eigenvalue weighted by Gasteiger charge is -2.09. The molecule has 0 spiro atoms. The monoisotopic (exact) mass is 269 g/mol. The number of thioether (sulfide) groups is 1. The first kappa shape index (κ1) is 14.5. The SMILES string of the molecule is CN(C)c1ncnc(CCSC(=O)CCN=O)n1. The summed E-state index contributed by atoms with van der Waals surface area (Å²) in [6.45, 7) is 0.0440. The van der Waals surface area contributed by atoms with Crippen LogP contribution in [0.3, 0.4) is 0 Å². The van der Waals surface area contributed by atoms with Crippen molar-refractivity contribution < 1.29 is 4.79 Å². The van der Waals surface area contributed by atoms with Gasteiger partial charge in [0.1, 0.15) is 12.2 Å². The molecule has 0 aliphatic rings. The first-order valence-corrected chi connectivity index (χ1v) is 6.42. The van der Waals surface area contributed by atoms with Gasteiger partial charge in [-0.25, -0.2) is 9.97 Å². The summed E-state index contributed by atoms with van der Waals surface area (Å²) in [6.07, 6.45) is 2.24. The van der Waals surface area contributed by atoms with Crippen molar-refractivity contribution in [3.05, 3.63) is 17.1 Å². The van der Waals surface area contributed by atoms with Crippen LogP contribution in [0.25, 0.3) is 0 Å². The Labute approximate surface area is 109 Å². The van der Waals surface area contributed by atoms with Crippen LogP contribution < -0.4 is 4.90 Å². The van der Waals surface area contributed by atoms with Crippen LogP contribution in [0, 0.1) is 4.91 Å². The number of anilines is 1. The third kappa shape index (κ3) is 5.17. The van der Waals surface area contributed by atoms with Crippen molar-refractivity contribution in [2.45, 2.75) is 12.8 Å². The van der Waals surface area contributed by atoms with Gasteiger partial charge < -0.3 is 4.90 Å². The van der Waals surface area contributed by atoms with Crippen LogP contribution in [0.4, 0.5) is 5.95 Å². The molecule has 0 aromatic carbocycles. The van der Waals surface area contributed by atoms with E-state index in [1.165, 1.54) is 18.1 Å². The number of aromatic nitrogens is 3. The van der Waals surface area contributed by atoms with Crippen LogP contribution in [-0.4, -0.2) is 46.5 Å². The van der Waals surface area contributed by atoms with Gasteiger partial charge in [0, 0.05) is 32.7 Å². The van der Waals surface area contributed by atoms with Gasteiger partial charge in [-0.05, 0) is 0 Å². The number of carbonyl (C=O) groups excluding carboxylic acids is 1. The van der Waals surface area contributed by atoms with Crippen molar-refractivity contribution in [1.82, 2.24) is 15.0 Å². The number of rotatable bonds is 7. The molecule has 18 heavy (non-hydrogen) atoms. The second-order valence-electron chi connectivity index (χ2n) is 3.67. The van der Waals surface area contributed by atoms with Gasteiger partial charge in [-0.15, -0.1) is 0 Å². The quantitative estimate of drug-likeness (QED) is 0.679. The van der Waals surface area contributed by atoms with Gasteiger partial charge in [0.2, 0.25) is 5.95 Å². The molecule has 8 heteroatoms. The molecule has 0 fully saturated rings. The molecule has 0 saturated heterocycles. The maximum absolute atomic E-state index is 11.3. The van der Waals surface area contributed by atoms with E-state index in [1.807, 2.05) is 14.1 Å². The fourth-order valence-corrected chi connectivity index (χ4v) is 1.87. The van der Waals surface area contributed by atoms with Gasteiger partial charge in [-0.2, -0.15) is 9.89 Å². The number of carbonyl (C=O) groups is 1. The first-order chi connectivity index (χ1) is 8.63. The molecule has 0 amide bonds. The van der Waals surface area contributed by atoms with E-state index in [2.05, 4.69) is 20.1 Å². The summed E-state index contributed by atoms with van der Waals surface area (Å²) in [5.74, 6) is 1.85. The zero-order valence-electron chi connectivity index (χ0n) is 10.4. The Morgan fingerprint density at radius 3 is 2.89 bits per heavy atom. The fourth-order valence-electron chi connectivity index (χ4n) is 1.12. The summed E-state index contributed by atoms with van der Waals surface area (Å²) < 4.78 is 0. The third-order valence-corrected chi connectivity index (χ3v) is 2.94. The lowest BCUT2D eigenvalue weighted by Crippen LogP contribution is -2.14. The average Bonchev–Trinajstić information content (AvgIpc) is 2.36. The zero-order valence-corrected chi connectivity index (χ0v) is 11.2. The maximum atomic E-state index is 11.3. The van der Waals surface area contributed by atoms with Crippen molar-refractivity contribution in [3.63, 3.8) is 0 Å². The minimum atomic E-state index is -0.0310. The highest BCUT2D eigenvalue weighted by Gasteiger charge is 2.06. The Bertz CT molecular complexity index is 413. The summed E-state index contributed by atoms with van der Waals surface area (Å²) in [5.41, 5.74) is 0. The largest absolute Gasteiger partial charge is 0.347 e. The van der Waals surface area contributed by atoms with Gasteiger partial charge in [-0.1, -0.05) is 16.9 Å². The van der Waals surface area contributed by atoms with Gasteiger partial charge in [0.05, 0.1) is 6.54 Å². The molecule has 0 radical (unpaired) electrons. The van der Waals surface area contributed by atoms with Gasteiger partial charge in [0.25, 0.3) is 0 Å². The summed E-state index contributed by atoms with van der Waals surface area (Å²) in [5, 5.41) is 2.62. The predicted octanol–water partition coefficient (Wildman–Crippen LogP) is 0.896. The third-order valence-electron chi connectivity index (χ3n) is 2.00. The highest BCUT2D eigenvalue weighted by Crippen LogP contribution is 2.09. The Morgan fingerprint density at radius 1 is 1.44 bits per heavy atom. The fraction of sp³-hybridized carbons (Fsp3) is 0.600. The van der Waals surface area contributed by atoms with E-state index in [-0.39, 0.29) is 18.1 Å². The molecule has 1 heterocycles. The Kier molecular flexibility index (Phi) is 6.20. The van der Waals surface area contributed by atoms with Crippen molar-refractivity contribution in [1.29, 1.82) is 0 Å². The highest BCUT2D eigenvalue weighted by atomic mass is 32.2. The molecular formula is C10H15N5O2S. The minimum absolute atomic E-state index is 0.0310. The standard InChI is InChI=1S/C10H15N5O2S/c1-15(2)10-12-7-11-8(14-10)4-6-18-9(16)3-5-13-17/h7H,3-6H2,1-2H3. The topological polar surface area (TPSA) is 88.4 Å². The van der Waals surface area contributed by atoms with Crippen LogP contribution >= 0.6 is 11.8 Å². The maximum Gasteiger partial charge on any atom is 0.228 e. The van der Waals surface area contributed by atoms with E-state index in [0.717, 1.165) is 0 Å². The van der Waals surface area contributed by atoms with E-state index in [0.29, 0.717) is 23.9 Å². The molecule has 98 valence electrons. The second-order valence-corrected chi connectivity index (χ2v) is 4.82. The van der Waals surface area contributed by atoms with Gasteiger partial charge in [-0.3, -0.25) is 4.79 Å². The Morgan fingerprint density at radius 2 is 2.22 bits per heavy atom. The van der Waals surface area contributed by atoms with Crippen LogP contribution in [0.1, 0.15) is 12.2 Å². The van der Waals surface area contributed by atoms with Crippen LogP contribution in [0.2, 0.25) is 0 Å². The molecule has 0 aliphatic carbocycles. The summed E-state index contributed by atoms with van der Waals surface area (Å²) in [6, 6.07) is 0. The molecule has 0 N–H and O–H groups in total. The highest BCUT2D eigenvalue weighted by molar-refractivity contribution is 8.13. The Balaban J connectivity index is 2.37. The predicted molar refractivity (Wildman–Crippen MR) is 70.6 cm³/mol. The van der Waals surface area contributed by atoms with Gasteiger partial charge in [0.15, 0.2) is 5.12 Å². The second kappa shape index (κ2) is 7.70. The zero-order chi connectivity index (χ0) is 13.4. The molecule has 0 aliphatic heterocycles. The van der Waals surface area contributed by atoms with Crippen LogP contribution in [-0.2, 0) is 11.2 Å². The van der Waals surface area contributed by atoms with Crippen molar-refractivity contribution in [2.24, 2.45) is 5.18 Å². The summed E-state index contributed by atoms with van der Waals surface area (Å²) >= 11 is 1.17. The van der Waals surface area contributed by atoms with E-state index in [1.54, 1.807) is 4.90 Å². The van der Waals surface area contributed by atoms with Crippen molar-refractivity contribution >= 4 is 22.8 Å². The number of nitrogens with zero attached hydrogens (tertiary/aromatic N) is 5. The van der Waals surface area contributed by atoms with Crippen molar-refractivity contribution in [2.75, 3.05) is 31.3 Å². The van der Waals surface area contributed by atoms with Gasteiger partial charge >= 0.3 is 0 Å². The molecule has 0 bridgehead atoms. The smallest absolute Gasteiger partial charge is 0.228 e.